The molecule has 0 bridgehead atoms. The molecular formula is CH2F4Si. The molecule has 0 aliphatic rings. The highest BCUT2D eigenvalue weighted by Gasteiger charge is 2.36. The monoisotopic (exact) mass is 118 g/mol. The largest absolute Gasteiger partial charge is 0.649 e. The number of hydrogen-bond acceptors (Lipinski definition) is 0. The lowest BCUT2D eigenvalue weighted by Crippen LogP contribution is -2.17. The molecule has 5 heteroatoms. The van der Waals surface area contributed by atoms with Crippen LogP contribution in [0.5, 0.6) is 0 Å². The van der Waals surface area contributed by atoms with Gasteiger partial charge in [0.2, 0.25) is 0 Å². The van der Waals surface area contributed by atoms with Crippen molar-refractivity contribution in [3.8, 4) is 0 Å². The molecule has 0 aliphatic carbocycles. The molecule has 0 aliphatic heterocycles. The van der Waals surface area contributed by atoms with Crippen LogP contribution >= 0.6 is 0 Å². The van der Waals surface area contributed by atoms with E-state index in [9.17, 15) is 16.7 Å². The zero-order valence-corrected chi connectivity index (χ0v) is 3.72. The molecule has 0 unspecified atom stereocenters. The van der Waals surface area contributed by atoms with E-state index in [0.717, 1.165) is 0 Å². The molecule has 0 rings (SSSR count). The second-order valence-corrected chi connectivity index (χ2v) is 2.25. The summed E-state index contributed by atoms with van der Waals surface area (Å²) in [6.45, 7) is 0. The van der Waals surface area contributed by atoms with Crippen molar-refractivity contribution in [3.63, 3.8) is 0 Å². The van der Waals surface area contributed by atoms with Gasteiger partial charge >= 0.3 is 9.08 Å². The molecule has 38 valence electrons. The summed E-state index contributed by atoms with van der Waals surface area (Å²) in [6, 6.07) is 0. The van der Waals surface area contributed by atoms with Crippen LogP contribution in [-0.2, 0) is 0 Å². The Morgan fingerprint density at radius 1 is 1.17 bits per heavy atom. The minimum Gasteiger partial charge on any atom is -0.246 e. The highest BCUT2D eigenvalue weighted by atomic mass is 28.5. The van der Waals surface area contributed by atoms with Crippen LogP contribution in [0.25, 0.3) is 0 Å². The van der Waals surface area contributed by atoms with E-state index in [4.69, 9.17) is 0 Å². The predicted molar refractivity (Wildman–Crippen MR) is 15.1 cm³/mol. The third-order valence-electron chi connectivity index (χ3n) is 0.152. The van der Waals surface area contributed by atoms with Crippen LogP contribution in [0.4, 0.5) is 16.7 Å². The van der Waals surface area contributed by atoms with Gasteiger partial charge in [0.05, 0.1) is 0 Å². The third-order valence-corrected chi connectivity index (χ3v) is 0.455. The molecule has 0 fully saturated rings. The Bertz CT molecular complexity index is 37.3. The summed E-state index contributed by atoms with van der Waals surface area (Å²) in [5, 5.41) is 0. The van der Waals surface area contributed by atoms with E-state index in [0.29, 0.717) is 0 Å². The second kappa shape index (κ2) is 1.59. The maximum atomic E-state index is 10.5. The van der Waals surface area contributed by atoms with Gasteiger partial charge < -0.3 is 0 Å². The van der Waals surface area contributed by atoms with Gasteiger partial charge in [-0.05, 0) is 0 Å². The quantitative estimate of drug-likeness (QED) is 0.277. The van der Waals surface area contributed by atoms with Gasteiger partial charge in [0.25, 0.3) is 0 Å². The van der Waals surface area contributed by atoms with E-state index >= 15 is 0 Å². The summed E-state index contributed by atoms with van der Waals surface area (Å²) in [6.07, 6.45) is -2.09. The standard InChI is InChI=1S/CH2F4Si/c2-1-6(3,4)5/h1H2. The van der Waals surface area contributed by atoms with E-state index in [1.165, 1.54) is 0 Å². The molecule has 0 saturated carbocycles. The number of alkyl halides is 1. The fourth-order valence-corrected chi connectivity index (χ4v) is 0. The molecule has 0 heterocycles. The first kappa shape index (κ1) is 5.94. The van der Waals surface area contributed by atoms with Crippen molar-refractivity contribution in [2.24, 2.45) is 0 Å². The van der Waals surface area contributed by atoms with Crippen LogP contribution in [0.15, 0.2) is 0 Å². The lowest BCUT2D eigenvalue weighted by molar-refractivity contribution is 0.406. The maximum absolute atomic E-state index is 10.5. The first-order chi connectivity index (χ1) is 2.56. The normalized spacial score (nSPS) is 12.0. The summed E-state index contributed by atoms with van der Waals surface area (Å²) < 4.78 is 42.1. The summed E-state index contributed by atoms with van der Waals surface area (Å²) in [5.41, 5.74) is 0. The SMILES string of the molecule is FC[Si](F)(F)F. The fourth-order valence-electron chi connectivity index (χ4n) is 0. The zero-order chi connectivity index (χ0) is 5.21. The van der Waals surface area contributed by atoms with Crippen molar-refractivity contribution < 1.29 is 16.7 Å². The maximum Gasteiger partial charge on any atom is 0.649 e. The number of halogens is 4. The molecule has 0 nitrogen and oxygen atoms in total. The Balaban J connectivity index is 3.17. The molecule has 0 N–H and O–H groups in total. The molecule has 0 aromatic rings. The third kappa shape index (κ3) is 3.94. The highest BCUT2D eigenvalue weighted by molar-refractivity contribution is 6.58. The van der Waals surface area contributed by atoms with Gasteiger partial charge in [-0.15, -0.1) is 0 Å². The van der Waals surface area contributed by atoms with E-state index in [1.807, 2.05) is 0 Å². The Morgan fingerprint density at radius 2 is 1.33 bits per heavy atom. The van der Waals surface area contributed by atoms with Gasteiger partial charge in [0.15, 0.2) is 6.30 Å². The fraction of sp³-hybridized carbons (Fsp3) is 1.00. The summed E-state index contributed by atoms with van der Waals surface area (Å²) in [4.78, 5) is 0. The van der Waals surface area contributed by atoms with Crippen LogP contribution in [0.1, 0.15) is 0 Å². The smallest absolute Gasteiger partial charge is 0.246 e. The van der Waals surface area contributed by atoms with E-state index in [1.54, 1.807) is 0 Å². The molecule has 0 saturated heterocycles. The van der Waals surface area contributed by atoms with Crippen molar-refractivity contribution in [1.29, 1.82) is 0 Å². The Labute approximate surface area is 33.3 Å². The van der Waals surface area contributed by atoms with Crippen molar-refractivity contribution >= 4 is 9.08 Å². The van der Waals surface area contributed by atoms with E-state index in [2.05, 4.69) is 0 Å². The van der Waals surface area contributed by atoms with Crippen molar-refractivity contribution in [1.82, 2.24) is 0 Å². The summed E-state index contributed by atoms with van der Waals surface area (Å²) >= 11 is 0. The average molecular weight is 118 g/mol. The first-order valence-electron chi connectivity index (χ1n) is 1.19. The number of rotatable bonds is 1. The molecular weight excluding hydrogens is 116 g/mol. The Morgan fingerprint density at radius 3 is 1.33 bits per heavy atom. The molecule has 0 spiro atoms. The molecule has 0 amide bonds. The van der Waals surface area contributed by atoms with Crippen molar-refractivity contribution in [3.05, 3.63) is 0 Å². The predicted octanol–water partition coefficient (Wildman–Crippen LogP) is 1.34. The van der Waals surface area contributed by atoms with Crippen LogP contribution in [-0.4, -0.2) is 15.4 Å². The Hall–Kier alpha value is -0.0631. The van der Waals surface area contributed by atoms with Gasteiger partial charge in [-0.3, -0.25) is 0 Å². The molecule has 0 radical (unpaired) electrons. The Kier molecular flexibility index (Phi) is 1.57. The summed E-state index contributed by atoms with van der Waals surface area (Å²) in [5.74, 6) is 0. The van der Waals surface area contributed by atoms with Gasteiger partial charge in [-0.2, -0.15) is 0 Å². The van der Waals surface area contributed by atoms with Crippen LogP contribution in [0.3, 0.4) is 0 Å². The molecule has 0 atom stereocenters. The minimum atomic E-state index is -5.80. The van der Waals surface area contributed by atoms with E-state index in [-0.39, 0.29) is 0 Å². The van der Waals surface area contributed by atoms with Crippen LogP contribution in [0, 0.1) is 0 Å². The van der Waals surface area contributed by atoms with Crippen LogP contribution in [0.2, 0.25) is 0 Å². The van der Waals surface area contributed by atoms with Gasteiger partial charge in [0, 0.05) is 0 Å². The van der Waals surface area contributed by atoms with Gasteiger partial charge in [-0.25, -0.2) is 16.7 Å². The van der Waals surface area contributed by atoms with Crippen molar-refractivity contribution in [2.75, 3.05) is 6.30 Å². The summed E-state index contributed by atoms with van der Waals surface area (Å²) in [7, 11) is -5.80. The average Bonchev–Trinajstić information content (AvgIpc) is 1.35. The minimum absolute atomic E-state index is 2.09. The first-order valence-corrected chi connectivity index (χ1v) is 3.03. The van der Waals surface area contributed by atoms with Crippen LogP contribution < -0.4 is 0 Å². The lowest BCUT2D eigenvalue weighted by atomic mass is 11.8. The van der Waals surface area contributed by atoms with E-state index < -0.39 is 15.4 Å². The number of hydrogen-bond donors (Lipinski definition) is 0. The lowest BCUT2D eigenvalue weighted by Gasteiger charge is -1.88. The molecule has 0 aromatic carbocycles. The molecule has 6 heavy (non-hydrogen) atoms. The zero-order valence-electron chi connectivity index (χ0n) is 2.72. The van der Waals surface area contributed by atoms with Gasteiger partial charge in [0.1, 0.15) is 0 Å². The second-order valence-electron chi connectivity index (χ2n) is 0.749. The molecule has 0 aromatic heterocycles. The topological polar surface area (TPSA) is 0 Å². The highest BCUT2D eigenvalue weighted by Crippen LogP contribution is 2.06. The van der Waals surface area contributed by atoms with Crippen molar-refractivity contribution in [2.45, 2.75) is 0 Å². The van der Waals surface area contributed by atoms with Gasteiger partial charge in [-0.1, -0.05) is 0 Å².